The number of nitrogens with two attached hydrogens (primary N) is 1. The molecule has 0 aromatic heterocycles. The third kappa shape index (κ3) is 4.51. The monoisotopic (exact) mass is 483 g/mol. The van der Waals surface area contributed by atoms with E-state index in [1.165, 1.54) is 24.3 Å². The van der Waals surface area contributed by atoms with E-state index in [1.54, 1.807) is 31.2 Å². The van der Waals surface area contributed by atoms with Crippen molar-refractivity contribution in [3.8, 4) is 11.5 Å². The molecular weight excluding hydrogens is 461 g/mol. The highest BCUT2D eigenvalue weighted by Gasteiger charge is 2.28. The maximum absolute atomic E-state index is 15.1. The number of amides is 1. The van der Waals surface area contributed by atoms with E-state index in [1.807, 2.05) is 0 Å². The van der Waals surface area contributed by atoms with E-state index in [0.717, 1.165) is 12.3 Å². The van der Waals surface area contributed by atoms with Crippen molar-refractivity contribution in [1.29, 1.82) is 0 Å². The second kappa shape index (κ2) is 8.90. The lowest BCUT2D eigenvalue weighted by Gasteiger charge is -2.25. The highest BCUT2D eigenvalue weighted by molar-refractivity contribution is 7.90. The van der Waals surface area contributed by atoms with Gasteiger partial charge in [-0.25, -0.2) is 12.8 Å². The quantitative estimate of drug-likeness (QED) is 0.571. The van der Waals surface area contributed by atoms with E-state index in [0.29, 0.717) is 16.7 Å². The zero-order valence-electron chi connectivity index (χ0n) is 18.5. The zero-order valence-corrected chi connectivity index (χ0v) is 19.3. The molecule has 4 rings (SSSR count). The Labute approximate surface area is 196 Å². The predicted molar refractivity (Wildman–Crippen MR) is 123 cm³/mol. The van der Waals surface area contributed by atoms with Crippen molar-refractivity contribution in [2.75, 3.05) is 12.9 Å². The summed E-state index contributed by atoms with van der Waals surface area (Å²) in [6.45, 7) is 1.80. The van der Waals surface area contributed by atoms with Crippen LogP contribution < -0.4 is 15.2 Å². The fraction of sp³-hybridized carbons (Fsp3) is 0.200. The van der Waals surface area contributed by atoms with Gasteiger partial charge < -0.3 is 15.2 Å². The first kappa shape index (κ1) is 23.4. The van der Waals surface area contributed by atoms with Gasteiger partial charge in [-0.1, -0.05) is 24.3 Å². The molecule has 3 aromatic carbocycles. The van der Waals surface area contributed by atoms with Crippen molar-refractivity contribution < 1.29 is 31.9 Å². The van der Waals surface area contributed by atoms with Crippen LogP contribution in [0.4, 0.5) is 4.39 Å². The number of primary amides is 1. The minimum absolute atomic E-state index is 0.0929. The maximum Gasteiger partial charge on any atom is 0.248 e. The van der Waals surface area contributed by atoms with Crippen LogP contribution >= 0.6 is 0 Å². The molecule has 7 nitrogen and oxygen atoms in total. The number of sulfone groups is 1. The van der Waals surface area contributed by atoms with Crippen molar-refractivity contribution >= 4 is 21.5 Å². The van der Waals surface area contributed by atoms with Gasteiger partial charge in [-0.3, -0.25) is 9.59 Å². The fourth-order valence-electron chi connectivity index (χ4n) is 3.82. The lowest BCUT2D eigenvalue weighted by atomic mass is 9.98. The van der Waals surface area contributed by atoms with Crippen LogP contribution in [0, 0.1) is 12.7 Å². The van der Waals surface area contributed by atoms with Crippen LogP contribution in [-0.4, -0.2) is 33.0 Å². The molecule has 0 saturated heterocycles. The van der Waals surface area contributed by atoms with Crippen LogP contribution in [0.25, 0.3) is 0 Å². The Bertz CT molecular complexity index is 1380. The average molecular weight is 484 g/mol. The standard InChI is InChI=1S/C25H22FNO6S/c1-14-22-19(21(28)11-12-32-22)13-20(26)23(14)33-24(15-3-5-17(6-4-15)25(27)29)16-7-9-18(10-8-16)34(2,30)31/h3-10,13,24H,11-12H2,1-2H3,(H2,27,29)/t24-/m0/s1. The van der Waals surface area contributed by atoms with Gasteiger partial charge in [-0.15, -0.1) is 0 Å². The van der Waals surface area contributed by atoms with Crippen LogP contribution in [0.5, 0.6) is 11.5 Å². The lowest BCUT2D eigenvalue weighted by Crippen LogP contribution is -2.18. The fourth-order valence-corrected chi connectivity index (χ4v) is 4.45. The molecule has 3 aromatic rings. The van der Waals surface area contributed by atoms with Gasteiger partial charge in [0, 0.05) is 23.8 Å². The first-order valence-electron chi connectivity index (χ1n) is 10.4. The SMILES string of the molecule is Cc1c(O[C@@H](c2ccc(C(N)=O)cc2)c2ccc(S(C)(=O)=O)cc2)c(F)cc2c1OCCC2=O. The number of hydrogen-bond acceptors (Lipinski definition) is 6. The van der Waals surface area contributed by atoms with Gasteiger partial charge in [0.2, 0.25) is 5.91 Å². The Hall–Kier alpha value is -3.72. The molecule has 1 aliphatic rings. The zero-order chi connectivity index (χ0) is 24.6. The van der Waals surface area contributed by atoms with Gasteiger partial charge >= 0.3 is 0 Å². The Balaban J connectivity index is 1.81. The third-order valence-corrected chi connectivity index (χ3v) is 6.76. The topological polar surface area (TPSA) is 113 Å². The summed E-state index contributed by atoms with van der Waals surface area (Å²) in [4.78, 5) is 23.8. The van der Waals surface area contributed by atoms with E-state index >= 15 is 4.39 Å². The number of Topliss-reactive ketones (excluding diaryl/α,β-unsaturated/α-hetero) is 1. The smallest absolute Gasteiger partial charge is 0.248 e. The van der Waals surface area contributed by atoms with Gasteiger partial charge in [-0.2, -0.15) is 0 Å². The van der Waals surface area contributed by atoms with Gasteiger partial charge in [0.05, 0.1) is 17.1 Å². The van der Waals surface area contributed by atoms with Crippen molar-refractivity contribution in [2.24, 2.45) is 5.73 Å². The van der Waals surface area contributed by atoms with E-state index in [4.69, 9.17) is 15.2 Å². The van der Waals surface area contributed by atoms with Crippen molar-refractivity contribution in [3.05, 3.63) is 88.2 Å². The number of ketones is 1. The molecule has 0 radical (unpaired) electrons. The summed E-state index contributed by atoms with van der Waals surface area (Å²) in [5.74, 6) is -1.33. The summed E-state index contributed by atoms with van der Waals surface area (Å²) >= 11 is 0. The van der Waals surface area contributed by atoms with Crippen LogP contribution in [0.2, 0.25) is 0 Å². The van der Waals surface area contributed by atoms with Crippen LogP contribution in [-0.2, 0) is 9.84 Å². The molecule has 1 aliphatic heterocycles. The normalized spacial score (nSPS) is 14.1. The molecule has 34 heavy (non-hydrogen) atoms. The highest BCUT2D eigenvalue weighted by atomic mass is 32.2. The Morgan fingerprint density at radius 3 is 2.24 bits per heavy atom. The number of ether oxygens (including phenoxy) is 2. The summed E-state index contributed by atoms with van der Waals surface area (Å²) in [6, 6.07) is 13.4. The van der Waals surface area contributed by atoms with E-state index in [9.17, 15) is 18.0 Å². The molecule has 0 saturated carbocycles. The molecule has 1 heterocycles. The number of hydrogen-bond donors (Lipinski definition) is 1. The molecule has 2 N–H and O–H groups in total. The molecular formula is C25H22FNO6S. The third-order valence-electron chi connectivity index (χ3n) is 5.63. The number of fused-ring (bicyclic) bond motifs is 1. The highest BCUT2D eigenvalue weighted by Crippen LogP contribution is 2.40. The van der Waals surface area contributed by atoms with Crippen LogP contribution in [0.15, 0.2) is 59.5 Å². The number of halogens is 1. The molecule has 0 unspecified atom stereocenters. The lowest BCUT2D eigenvalue weighted by molar-refractivity contribution is 0.0930. The Kier molecular flexibility index (Phi) is 6.14. The molecule has 0 bridgehead atoms. The Morgan fingerprint density at radius 1 is 1.09 bits per heavy atom. The summed E-state index contributed by atoms with van der Waals surface area (Å²) in [5.41, 5.74) is 7.26. The number of carbonyl (C=O) groups is 2. The first-order chi connectivity index (χ1) is 16.1. The largest absolute Gasteiger partial charge is 0.492 e. The van der Waals surface area contributed by atoms with Crippen LogP contribution in [0.1, 0.15) is 49.9 Å². The van der Waals surface area contributed by atoms with Crippen molar-refractivity contribution in [3.63, 3.8) is 0 Å². The maximum atomic E-state index is 15.1. The van der Waals surface area contributed by atoms with Gasteiger partial charge in [0.1, 0.15) is 11.9 Å². The van der Waals surface area contributed by atoms with Crippen molar-refractivity contribution in [1.82, 2.24) is 0 Å². The molecule has 0 aliphatic carbocycles. The molecule has 0 fully saturated rings. The summed E-state index contributed by atoms with van der Waals surface area (Å²) in [7, 11) is -3.41. The number of rotatable bonds is 6. The van der Waals surface area contributed by atoms with Gasteiger partial charge in [0.15, 0.2) is 27.2 Å². The molecule has 9 heteroatoms. The van der Waals surface area contributed by atoms with Gasteiger partial charge in [0.25, 0.3) is 0 Å². The molecule has 1 amide bonds. The van der Waals surface area contributed by atoms with E-state index < -0.39 is 27.7 Å². The van der Waals surface area contributed by atoms with Crippen molar-refractivity contribution in [2.45, 2.75) is 24.3 Å². The van der Waals surface area contributed by atoms with E-state index in [-0.39, 0.29) is 46.3 Å². The minimum Gasteiger partial charge on any atom is -0.492 e. The van der Waals surface area contributed by atoms with Crippen LogP contribution in [0.3, 0.4) is 0 Å². The summed E-state index contributed by atoms with van der Waals surface area (Å²) < 4.78 is 50.6. The second-order valence-corrected chi connectivity index (χ2v) is 10.1. The Morgan fingerprint density at radius 2 is 1.68 bits per heavy atom. The average Bonchev–Trinajstić information content (AvgIpc) is 2.79. The molecule has 1 atom stereocenters. The van der Waals surface area contributed by atoms with E-state index in [2.05, 4.69) is 0 Å². The number of carbonyl (C=O) groups excluding carboxylic acids is 2. The predicted octanol–water partition coefficient (Wildman–Crippen LogP) is 3.77. The number of benzene rings is 3. The minimum atomic E-state index is -3.41. The summed E-state index contributed by atoms with van der Waals surface area (Å²) in [6.07, 6.45) is 0.417. The van der Waals surface area contributed by atoms with Gasteiger partial charge in [-0.05, 0) is 48.4 Å². The molecule has 176 valence electrons. The summed E-state index contributed by atoms with van der Waals surface area (Å²) in [5, 5.41) is 0. The molecule has 0 spiro atoms. The first-order valence-corrected chi connectivity index (χ1v) is 12.3. The second-order valence-electron chi connectivity index (χ2n) is 8.04.